The maximum Gasteiger partial charge on any atom is 0.231 e. The van der Waals surface area contributed by atoms with Gasteiger partial charge >= 0.3 is 0 Å². The number of aryl methyl sites for hydroxylation is 1. The van der Waals surface area contributed by atoms with Crippen molar-refractivity contribution < 1.29 is 14.0 Å². The predicted molar refractivity (Wildman–Crippen MR) is 92.2 cm³/mol. The standard InChI is InChI=1S/C19H20FN3O2/c1-12-6-5-9-16(21-12)22-19(25)14-10-11-17(24)23(2)18(14)13-7-3-4-8-15(13)20/h3-9,14,18H,10-11H2,1-2H3,(H,21,22,25)/t14-,18+/m0/s1. The van der Waals surface area contributed by atoms with Crippen LogP contribution in [0, 0.1) is 18.7 Å². The molecular weight excluding hydrogens is 321 g/mol. The summed E-state index contributed by atoms with van der Waals surface area (Å²) in [7, 11) is 1.61. The zero-order valence-corrected chi connectivity index (χ0v) is 14.2. The molecule has 1 fully saturated rings. The van der Waals surface area contributed by atoms with Crippen LogP contribution in [-0.2, 0) is 9.59 Å². The first kappa shape index (κ1) is 17.1. The number of carbonyl (C=O) groups excluding carboxylic acids is 2. The van der Waals surface area contributed by atoms with Crippen LogP contribution in [0.2, 0.25) is 0 Å². The van der Waals surface area contributed by atoms with Gasteiger partial charge in [-0.05, 0) is 31.5 Å². The Morgan fingerprint density at radius 1 is 1.24 bits per heavy atom. The number of hydrogen-bond acceptors (Lipinski definition) is 3. The minimum Gasteiger partial charge on any atom is -0.338 e. The van der Waals surface area contributed by atoms with Gasteiger partial charge in [0.2, 0.25) is 11.8 Å². The molecule has 2 aromatic rings. The Labute approximate surface area is 145 Å². The first-order chi connectivity index (χ1) is 12.0. The Balaban J connectivity index is 1.90. The topological polar surface area (TPSA) is 62.3 Å². The second-order valence-corrected chi connectivity index (χ2v) is 6.27. The Morgan fingerprint density at radius 2 is 2.00 bits per heavy atom. The van der Waals surface area contributed by atoms with Gasteiger partial charge < -0.3 is 10.2 Å². The number of nitrogens with zero attached hydrogens (tertiary/aromatic N) is 2. The second-order valence-electron chi connectivity index (χ2n) is 6.27. The lowest BCUT2D eigenvalue weighted by molar-refractivity contribution is -0.140. The van der Waals surface area contributed by atoms with Crippen LogP contribution in [0.3, 0.4) is 0 Å². The molecule has 3 rings (SSSR count). The maximum absolute atomic E-state index is 14.3. The van der Waals surface area contributed by atoms with E-state index in [-0.39, 0.29) is 18.2 Å². The van der Waals surface area contributed by atoms with Crippen LogP contribution in [0.4, 0.5) is 10.2 Å². The molecule has 0 saturated carbocycles. The van der Waals surface area contributed by atoms with E-state index in [0.29, 0.717) is 17.8 Å². The highest BCUT2D eigenvalue weighted by atomic mass is 19.1. The SMILES string of the molecule is Cc1cccc(NC(=O)[C@H]2CCC(=O)N(C)[C@@H]2c2ccccc2F)n1. The third kappa shape index (κ3) is 3.52. The Hall–Kier alpha value is -2.76. The summed E-state index contributed by atoms with van der Waals surface area (Å²) < 4.78 is 14.3. The van der Waals surface area contributed by atoms with E-state index in [1.165, 1.54) is 11.0 Å². The molecule has 0 bridgehead atoms. The number of aromatic nitrogens is 1. The van der Waals surface area contributed by atoms with E-state index in [4.69, 9.17) is 0 Å². The minimum atomic E-state index is -0.632. The Bertz CT molecular complexity index is 809. The van der Waals surface area contributed by atoms with Gasteiger partial charge in [0.05, 0.1) is 12.0 Å². The average Bonchev–Trinajstić information content (AvgIpc) is 2.58. The van der Waals surface area contributed by atoms with Gasteiger partial charge in [0.25, 0.3) is 0 Å². The quantitative estimate of drug-likeness (QED) is 0.933. The zero-order valence-electron chi connectivity index (χ0n) is 14.2. The van der Waals surface area contributed by atoms with Gasteiger partial charge in [-0.15, -0.1) is 0 Å². The number of pyridine rings is 1. The van der Waals surface area contributed by atoms with E-state index in [0.717, 1.165) is 5.69 Å². The van der Waals surface area contributed by atoms with Crippen molar-refractivity contribution in [1.29, 1.82) is 0 Å². The maximum atomic E-state index is 14.3. The summed E-state index contributed by atoms with van der Waals surface area (Å²) in [5.74, 6) is -0.851. The summed E-state index contributed by atoms with van der Waals surface area (Å²) in [6.45, 7) is 1.84. The van der Waals surface area contributed by atoms with Crippen molar-refractivity contribution in [3.8, 4) is 0 Å². The number of hydrogen-bond donors (Lipinski definition) is 1. The predicted octanol–water partition coefficient (Wildman–Crippen LogP) is 3.08. The van der Waals surface area contributed by atoms with Crippen molar-refractivity contribution in [3.63, 3.8) is 0 Å². The van der Waals surface area contributed by atoms with E-state index in [9.17, 15) is 14.0 Å². The molecule has 1 aromatic carbocycles. The van der Waals surface area contributed by atoms with Crippen LogP contribution in [-0.4, -0.2) is 28.7 Å². The number of amides is 2. The monoisotopic (exact) mass is 341 g/mol. The Morgan fingerprint density at radius 3 is 2.72 bits per heavy atom. The summed E-state index contributed by atoms with van der Waals surface area (Å²) in [4.78, 5) is 30.7. The largest absolute Gasteiger partial charge is 0.338 e. The number of rotatable bonds is 3. The van der Waals surface area contributed by atoms with Crippen molar-refractivity contribution in [3.05, 3.63) is 59.5 Å². The van der Waals surface area contributed by atoms with Gasteiger partial charge in [0, 0.05) is 24.7 Å². The number of piperidine rings is 1. The summed E-state index contributed by atoms with van der Waals surface area (Å²) >= 11 is 0. The van der Waals surface area contributed by atoms with Crippen LogP contribution in [0.5, 0.6) is 0 Å². The van der Waals surface area contributed by atoms with Crippen LogP contribution < -0.4 is 5.32 Å². The van der Waals surface area contributed by atoms with Crippen LogP contribution in [0.1, 0.15) is 30.1 Å². The van der Waals surface area contributed by atoms with E-state index >= 15 is 0 Å². The van der Waals surface area contributed by atoms with Crippen molar-refractivity contribution in [1.82, 2.24) is 9.88 Å². The minimum absolute atomic E-state index is 0.0917. The molecule has 0 radical (unpaired) electrons. The van der Waals surface area contributed by atoms with E-state index < -0.39 is 17.8 Å². The Kier molecular flexibility index (Phi) is 4.79. The number of nitrogens with one attached hydrogen (secondary N) is 1. The molecule has 1 saturated heterocycles. The number of carbonyl (C=O) groups is 2. The summed E-state index contributed by atoms with van der Waals surface area (Å²) in [5.41, 5.74) is 1.15. The van der Waals surface area contributed by atoms with Crippen molar-refractivity contribution in [2.45, 2.75) is 25.8 Å². The molecule has 1 aliphatic rings. The molecule has 130 valence electrons. The lowest BCUT2D eigenvalue weighted by Gasteiger charge is -2.38. The molecular formula is C19H20FN3O2. The molecule has 1 aliphatic heterocycles. The average molecular weight is 341 g/mol. The number of likely N-dealkylation sites (tertiary alicyclic amines) is 1. The van der Waals surface area contributed by atoms with Crippen molar-refractivity contribution in [2.24, 2.45) is 5.92 Å². The van der Waals surface area contributed by atoms with Gasteiger partial charge in [-0.2, -0.15) is 0 Å². The van der Waals surface area contributed by atoms with E-state index in [1.54, 1.807) is 31.3 Å². The highest BCUT2D eigenvalue weighted by Crippen LogP contribution is 2.37. The van der Waals surface area contributed by atoms with Gasteiger partial charge in [-0.3, -0.25) is 9.59 Å². The third-order valence-corrected chi connectivity index (χ3v) is 4.56. The van der Waals surface area contributed by atoms with Crippen molar-refractivity contribution in [2.75, 3.05) is 12.4 Å². The van der Waals surface area contributed by atoms with Gasteiger partial charge in [-0.25, -0.2) is 9.37 Å². The fourth-order valence-corrected chi connectivity index (χ4v) is 3.28. The molecule has 1 N–H and O–H groups in total. The van der Waals surface area contributed by atoms with Crippen LogP contribution in [0.25, 0.3) is 0 Å². The summed E-state index contributed by atoms with van der Waals surface area (Å²) in [6.07, 6.45) is 0.639. The van der Waals surface area contributed by atoms with Gasteiger partial charge in [-0.1, -0.05) is 24.3 Å². The molecule has 2 atom stereocenters. The van der Waals surface area contributed by atoms with E-state index in [1.807, 2.05) is 19.1 Å². The molecule has 5 nitrogen and oxygen atoms in total. The van der Waals surface area contributed by atoms with Crippen molar-refractivity contribution >= 4 is 17.6 Å². The van der Waals surface area contributed by atoms with Crippen LogP contribution in [0.15, 0.2) is 42.5 Å². The zero-order chi connectivity index (χ0) is 18.0. The lowest BCUT2D eigenvalue weighted by atomic mass is 9.83. The fourth-order valence-electron chi connectivity index (χ4n) is 3.28. The normalized spacial score (nSPS) is 20.4. The molecule has 2 amide bonds. The second kappa shape index (κ2) is 7.01. The van der Waals surface area contributed by atoms with Gasteiger partial charge in [0.1, 0.15) is 11.6 Å². The third-order valence-electron chi connectivity index (χ3n) is 4.56. The van der Waals surface area contributed by atoms with E-state index in [2.05, 4.69) is 10.3 Å². The molecule has 0 unspecified atom stereocenters. The smallest absolute Gasteiger partial charge is 0.231 e. The van der Waals surface area contributed by atoms with Crippen LogP contribution >= 0.6 is 0 Å². The first-order valence-corrected chi connectivity index (χ1v) is 8.22. The molecule has 2 heterocycles. The molecule has 1 aromatic heterocycles. The number of halogens is 1. The fraction of sp³-hybridized carbons (Fsp3) is 0.316. The highest BCUT2D eigenvalue weighted by molar-refractivity contribution is 5.94. The molecule has 6 heteroatoms. The summed E-state index contributed by atoms with van der Waals surface area (Å²) in [6, 6.07) is 11.0. The van der Waals surface area contributed by atoms with Gasteiger partial charge in [0.15, 0.2) is 0 Å². The summed E-state index contributed by atoms with van der Waals surface area (Å²) in [5, 5.41) is 2.80. The molecule has 25 heavy (non-hydrogen) atoms. The number of benzene rings is 1. The first-order valence-electron chi connectivity index (χ1n) is 8.22. The number of anilines is 1. The lowest BCUT2D eigenvalue weighted by Crippen LogP contribution is -2.45. The molecule has 0 aliphatic carbocycles. The molecule has 0 spiro atoms. The highest BCUT2D eigenvalue weighted by Gasteiger charge is 2.40.